The number of para-hydroxylation sites is 3. The largest absolute Gasteiger partial charge is 0.436 e. The average Bonchev–Trinajstić information content (AvgIpc) is 3.85. The molecule has 9 aromatic carbocycles. The van der Waals surface area contributed by atoms with Crippen molar-refractivity contribution in [3.8, 4) is 28.3 Å². The maximum Gasteiger partial charge on any atom is 0.227 e. The molecular formula is C51H33N3O. The monoisotopic (exact) mass is 703 g/mol. The summed E-state index contributed by atoms with van der Waals surface area (Å²) < 4.78 is 8.81. The van der Waals surface area contributed by atoms with Crippen LogP contribution in [0, 0.1) is 0 Å². The molecule has 0 fully saturated rings. The topological polar surface area (TPSA) is 34.2 Å². The lowest BCUT2D eigenvalue weighted by Crippen LogP contribution is -2.11. The van der Waals surface area contributed by atoms with Gasteiger partial charge < -0.3 is 13.9 Å². The van der Waals surface area contributed by atoms with Crippen molar-refractivity contribution in [3.05, 3.63) is 200 Å². The molecule has 0 aliphatic heterocycles. The van der Waals surface area contributed by atoms with E-state index < -0.39 is 0 Å². The predicted octanol–water partition coefficient (Wildman–Crippen LogP) is 14.0. The average molecular weight is 704 g/mol. The normalized spacial score (nSPS) is 11.6. The van der Waals surface area contributed by atoms with Crippen molar-refractivity contribution in [1.82, 2.24) is 9.55 Å². The van der Waals surface area contributed by atoms with E-state index >= 15 is 0 Å². The lowest BCUT2D eigenvalue weighted by molar-refractivity contribution is 0.620. The highest BCUT2D eigenvalue weighted by Gasteiger charge is 2.23. The Labute approximate surface area is 317 Å². The van der Waals surface area contributed by atoms with E-state index in [2.05, 4.69) is 173 Å². The van der Waals surface area contributed by atoms with E-state index in [-0.39, 0.29) is 0 Å². The van der Waals surface area contributed by atoms with Crippen LogP contribution in [0.4, 0.5) is 17.1 Å². The highest BCUT2D eigenvalue weighted by Crippen LogP contribution is 2.46. The summed E-state index contributed by atoms with van der Waals surface area (Å²) in [6.45, 7) is 0. The molecular weight excluding hydrogens is 671 g/mol. The fraction of sp³-hybridized carbons (Fsp3) is 0. The van der Waals surface area contributed by atoms with Gasteiger partial charge in [0.2, 0.25) is 5.89 Å². The van der Waals surface area contributed by atoms with Gasteiger partial charge >= 0.3 is 0 Å². The number of hydrogen-bond acceptors (Lipinski definition) is 3. The van der Waals surface area contributed by atoms with Crippen LogP contribution < -0.4 is 4.90 Å². The molecule has 0 aliphatic carbocycles. The second kappa shape index (κ2) is 12.6. The Balaban J connectivity index is 1.16. The summed E-state index contributed by atoms with van der Waals surface area (Å²) >= 11 is 0. The van der Waals surface area contributed by atoms with Crippen molar-refractivity contribution in [2.75, 3.05) is 4.90 Å². The lowest BCUT2D eigenvalue weighted by Gasteiger charge is -2.27. The van der Waals surface area contributed by atoms with Crippen LogP contribution in [-0.4, -0.2) is 9.55 Å². The first-order valence-electron chi connectivity index (χ1n) is 18.6. The number of fused-ring (bicyclic) bond motifs is 7. The molecule has 0 spiro atoms. The minimum atomic E-state index is 0.600. The van der Waals surface area contributed by atoms with Crippen molar-refractivity contribution in [3.63, 3.8) is 0 Å². The molecule has 0 amide bonds. The third kappa shape index (κ3) is 5.03. The van der Waals surface area contributed by atoms with E-state index in [4.69, 9.17) is 9.40 Å². The van der Waals surface area contributed by atoms with E-state index in [9.17, 15) is 0 Å². The Hall–Kier alpha value is -7.43. The molecule has 0 atom stereocenters. The van der Waals surface area contributed by atoms with E-state index in [1.807, 2.05) is 36.4 Å². The number of aromatic nitrogens is 2. The number of benzene rings is 9. The maximum atomic E-state index is 6.43. The van der Waals surface area contributed by atoms with Crippen molar-refractivity contribution >= 4 is 71.5 Å². The van der Waals surface area contributed by atoms with Gasteiger partial charge in [-0.25, -0.2) is 4.98 Å². The molecule has 0 N–H and O–H groups in total. The summed E-state index contributed by atoms with van der Waals surface area (Å²) in [7, 11) is 0. The first-order chi connectivity index (χ1) is 27.3. The SMILES string of the molecule is c1ccc(-c2nc3c(N(c4ccc(-c5cccc6ccccc56)cc4)c4cccc5c4ccc4c5c5ccccc5n4-c4ccccc4)cccc3o2)cc1. The summed E-state index contributed by atoms with van der Waals surface area (Å²) in [4.78, 5) is 7.49. The molecule has 258 valence electrons. The molecule has 0 saturated carbocycles. The molecule has 2 heterocycles. The Kier molecular flexibility index (Phi) is 7.14. The van der Waals surface area contributed by atoms with Gasteiger partial charge in [-0.05, 0) is 94.0 Å². The summed E-state index contributed by atoms with van der Waals surface area (Å²) in [6, 6.07) is 70.9. The van der Waals surface area contributed by atoms with Crippen LogP contribution in [0.15, 0.2) is 205 Å². The van der Waals surface area contributed by atoms with Crippen LogP contribution in [0.5, 0.6) is 0 Å². The standard InChI is InChI=1S/C51H33N3O/c1-3-15-36(16-4-1)51-52-50-47(26-13-27-48(50)55-51)54(38-30-28-35(29-31-38)40-22-11-17-34-14-7-8-20-39(34)40)44-25-12-23-42-41(44)32-33-46-49(42)43-21-9-10-24-45(43)53(46)37-18-5-2-6-19-37/h1-33H. The number of oxazole rings is 1. The molecule has 0 saturated heterocycles. The van der Waals surface area contributed by atoms with Gasteiger partial charge in [-0.15, -0.1) is 0 Å². The van der Waals surface area contributed by atoms with Crippen LogP contribution in [-0.2, 0) is 0 Å². The van der Waals surface area contributed by atoms with Gasteiger partial charge in [-0.2, -0.15) is 0 Å². The lowest BCUT2D eigenvalue weighted by atomic mass is 9.97. The van der Waals surface area contributed by atoms with Crippen LogP contribution in [0.25, 0.3) is 82.7 Å². The van der Waals surface area contributed by atoms with Crippen molar-refractivity contribution < 1.29 is 4.42 Å². The Morgan fingerprint density at radius 2 is 1.11 bits per heavy atom. The summed E-state index contributed by atoms with van der Waals surface area (Å²) in [6.07, 6.45) is 0. The zero-order valence-electron chi connectivity index (χ0n) is 29.8. The van der Waals surface area contributed by atoms with Crippen molar-refractivity contribution in [2.24, 2.45) is 0 Å². The minimum absolute atomic E-state index is 0.600. The number of anilines is 3. The quantitative estimate of drug-likeness (QED) is 0.173. The van der Waals surface area contributed by atoms with E-state index in [0.717, 1.165) is 44.8 Å². The second-order valence-corrected chi connectivity index (χ2v) is 13.9. The van der Waals surface area contributed by atoms with Gasteiger partial charge in [0.15, 0.2) is 5.58 Å². The summed E-state index contributed by atoms with van der Waals surface area (Å²) in [5.41, 5.74) is 11.4. The van der Waals surface area contributed by atoms with Crippen molar-refractivity contribution in [2.45, 2.75) is 0 Å². The summed E-state index contributed by atoms with van der Waals surface area (Å²) in [5, 5.41) is 7.26. The maximum absolute atomic E-state index is 6.43. The second-order valence-electron chi connectivity index (χ2n) is 13.9. The predicted molar refractivity (Wildman–Crippen MR) is 229 cm³/mol. The highest BCUT2D eigenvalue weighted by molar-refractivity contribution is 6.23. The van der Waals surface area contributed by atoms with E-state index in [1.54, 1.807) is 0 Å². The molecule has 11 rings (SSSR count). The van der Waals surface area contributed by atoms with Gasteiger partial charge in [-0.1, -0.05) is 133 Å². The van der Waals surface area contributed by atoms with E-state index in [1.165, 1.54) is 49.1 Å². The molecule has 55 heavy (non-hydrogen) atoms. The van der Waals surface area contributed by atoms with Crippen LogP contribution in [0.2, 0.25) is 0 Å². The fourth-order valence-electron chi connectivity index (χ4n) is 8.35. The van der Waals surface area contributed by atoms with Crippen LogP contribution >= 0.6 is 0 Å². The molecule has 0 bridgehead atoms. The van der Waals surface area contributed by atoms with E-state index in [0.29, 0.717) is 5.89 Å². The number of rotatable bonds is 6. The summed E-state index contributed by atoms with van der Waals surface area (Å²) in [5.74, 6) is 0.600. The third-order valence-electron chi connectivity index (χ3n) is 10.8. The number of nitrogens with zero attached hydrogens (tertiary/aromatic N) is 3. The highest BCUT2D eigenvalue weighted by atomic mass is 16.3. The van der Waals surface area contributed by atoms with Gasteiger partial charge in [0.25, 0.3) is 0 Å². The van der Waals surface area contributed by atoms with Gasteiger partial charge in [-0.3, -0.25) is 0 Å². The first kappa shape index (κ1) is 31.1. The smallest absolute Gasteiger partial charge is 0.227 e. The van der Waals surface area contributed by atoms with Gasteiger partial charge in [0.05, 0.1) is 22.4 Å². The Bertz CT molecular complexity index is 3190. The molecule has 4 heteroatoms. The van der Waals surface area contributed by atoms with Gasteiger partial charge in [0, 0.05) is 33.1 Å². The van der Waals surface area contributed by atoms with Gasteiger partial charge in [0.1, 0.15) is 5.52 Å². The third-order valence-corrected chi connectivity index (χ3v) is 10.8. The van der Waals surface area contributed by atoms with Crippen LogP contribution in [0.1, 0.15) is 0 Å². The molecule has 0 radical (unpaired) electrons. The molecule has 2 aromatic heterocycles. The minimum Gasteiger partial charge on any atom is -0.436 e. The molecule has 4 nitrogen and oxygen atoms in total. The Morgan fingerprint density at radius 1 is 0.436 bits per heavy atom. The first-order valence-corrected chi connectivity index (χ1v) is 18.6. The van der Waals surface area contributed by atoms with Crippen molar-refractivity contribution in [1.29, 1.82) is 0 Å². The Morgan fingerprint density at radius 3 is 1.96 bits per heavy atom. The number of hydrogen-bond donors (Lipinski definition) is 0. The fourth-order valence-corrected chi connectivity index (χ4v) is 8.35. The molecule has 0 unspecified atom stereocenters. The molecule has 11 aromatic rings. The molecule has 0 aliphatic rings. The zero-order chi connectivity index (χ0) is 36.3. The van der Waals surface area contributed by atoms with Crippen LogP contribution in [0.3, 0.4) is 0 Å². The zero-order valence-corrected chi connectivity index (χ0v) is 29.8.